The molecule has 1 saturated heterocycles. The first-order valence-corrected chi connectivity index (χ1v) is 5.86. The summed E-state index contributed by atoms with van der Waals surface area (Å²) in [7, 11) is 3.55. The number of methoxy groups -OCH3 is 1. The van der Waals surface area contributed by atoms with Gasteiger partial charge in [-0.05, 0) is 19.4 Å². The molecule has 0 aliphatic carbocycles. The van der Waals surface area contributed by atoms with E-state index in [9.17, 15) is 4.79 Å². The molecule has 0 aromatic heterocycles. The van der Waals surface area contributed by atoms with Crippen LogP contribution in [0.3, 0.4) is 0 Å². The highest BCUT2D eigenvalue weighted by molar-refractivity contribution is 5.78. The number of ether oxygens (including phenoxy) is 1. The summed E-state index contributed by atoms with van der Waals surface area (Å²) in [5, 5.41) is 0. The van der Waals surface area contributed by atoms with Gasteiger partial charge < -0.3 is 15.4 Å². The van der Waals surface area contributed by atoms with E-state index in [0.29, 0.717) is 25.7 Å². The molecule has 16 heavy (non-hydrogen) atoms. The number of amides is 1. The molecule has 1 atom stereocenters. The minimum absolute atomic E-state index is 0.195. The number of carbonyl (C=O) groups excluding carboxylic acids is 1. The summed E-state index contributed by atoms with van der Waals surface area (Å²) >= 11 is 0. The van der Waals surface area contributed by atoms with Gasteiger partial charge in [0.25, 0.3) is 0 Å². The van der Waals surface area contributed by atoms with Crippen molar-refractivity contribution < 1.29 is 9.53 Å². The monoisotopic (exact) mass is 229 g/mol. The van der Waals surface area contributed by atoms with Crippen molar-refractivity contribution in [2.24, 2.45) is 5.73 Å². The molecule has 0 aromatic rings. The zero-order valence-corrected chi connectivity index (χ0v) is 10.3. The molecular formula is C11H23N3O2. The third kappa shape index (κ3) is 3.73. The molecule has 1 unspecified atom stereocenters. The van der Waals surface area contributed by atoms with E-state index in [1.54, 1.807) is 12.0 Å². The van der Waals surface area contributed by atoms with E-state index in [0.717, 1.165) is 25.9 Å². The third-order valence-electron chi connectivity index (χ3n) is 3.10. The smallest absolute Gasteiger partial charge is 0.236 e. The van der Waals surface area contributed by atoms with Gasteiger partial charge >= 0.3 is 0 Å². The molecule has 1 fully saturated rings. The fourth-order valence-corrected chi connectivity index (χ4v) is 2.01. The zero-order valence-electron chi connectivity index (χ0n) is 10.3. The predicted octanol–water partition coefficient (Wildman–Crippen LogP) is -0.486. The van der Waals surface area contributed by atoms with Gasteiger partial charge in [-0.1, -0.05) is 0 Å². The Bertz CT molecular complexity index is 223. The summed E-state index contributed by atoms with van der Waals surface area (Å²) < 4.78 is 5.21. The maximum atomic E-state index is 11.6. The number of nitrogens with zero attached hydrogens (tertiary/aromatic N) is 2. The Morgan fingerprint density at radius 2 is 2.25 bits per heavy atom. The topological polar surface area (TPSA) is 58.8 Å². The second-order valence-electron chi connectivity index (χ2n) is 4.33. The number of piperazine rings is 1. The predicted molar refractivity (Wildman–Crippen MR) is 63.2 cm³/mol. The summed E-state index contributed by atoms with van der Waals surface area (Å²) in [4.78, 5) is 15.6. The van der Waals surface area contributed by atoms with Gasteiger partial charge in [0.2, 0.25) is 5.91 Å². The molecule has 94 valence electrons. The van der Waals surface area contributed by atoms with Crippen LogP contribution in [0.5, 0.6) is 0 Å². The van der Waals surface area contributed by atoms with Crippen molar-refractivity contribution in [2.75, 3.05) is 46.9 Å². The third-order valence-corrected chi connectivity index (χ3v) is 3.10. The summed E-state index contributed by atoms with van der Waals surface area (Å²) in [6.45, 7) is 3.62. The fraction of sp³-hybridized carbons (Fsp3) is 0.909. The molecule has 5 heteroatoms. The van der Waals surface area contributed by atoms with E-state index in [-0.39, 0.29) is 5.91 Å². The van der Waals surface area contributed by atoms with Gasteiger partial charge in [0.05, 0.1) is 13.2 Å². The lowest BCUT2D eigenvalue weighted by atomic mass is 10.1. The Morgan fingerprint density at radius 1 is 1.50 bits per heavy atom. The molecule has 0 aromatic carbocycles. The van der Waals surface area contributed by atoms with Gasteiger partial charge in [0, 0.05) is 33.3 Å². The van der Waals surface area contributed by atoms with Crippen LogP contribution in [0.1, 0.15) is 12.8 Å². The lowest BCUT2D eigenvalue weighted by Gasteiger charge is -2.37. The van der Waals surface area contributed by atoms with Gasteiger partial charge in [-0.15, -0.1) is 0 Å². The zero-order chi connectivity index (χ0) is 12.0. The van der Waals surface area contributed by atoms with Crippen LogP contribution in [-0.4, -0.2) is 68.7 Å². The van der Waals surface area contributed by atoms with Crippen molar-refractivity contribution in [3.63, 3.8) is 0 Å². The highest BCUT2D eigenvalue weighted by Gasteiger charge is 2.26. The van der Waals surface area contributed by atoms with Gasteiger partial charge in [-0.2, -0.15) is 0 Å². The first kappa shape index (κ1) is 13.4. The van der Waals surface area contributed by atoms with Crippen molar-refractivity contribution in [2.45, 2.75) is 18.9 Å². The molecule has 0 bridgehead atoms. The van der Waals surface area contributed by atoms with Crippen LogP contribution in [0.2, 0.25) is 0 Å². The van der Waals surface area contributed by atoms with Crippen LogP contribution in [0.15, 0.2) is 0 Å². The number of hydrogen-bond donors (Lipinski definition) is 1. The second-order valence-corrected chi connectivity index (χ2v) is 4.33. The van der Waals surface area contributed by atoms with Crippen LogP contribution >= 0.6 is 0 Å². The largest absolute Gasteiger partial charge is 0.383 e. The van der Waals surface area contributed by atoms with Gasteiger partial charge in [0.15, 0.2) is 0 Å². The van der Waals surface area contributed by atoms with Crippen LogP contribution < -0.4 is 5.73 Å². The lowest BCUT2D eigenvalue weighted by Crippen LogP contribution is -2.53. The Kier molecular flexibility index (Phi) is 5.73. The van der Waals surface area contributed by atoms with Gasteiger partial charge in [-0.25, -0.2) is 0 Å². The minimum Gasteiger partial charge on any atom is -0.383 e. The Balaban J connectivity index is 2.47. The Hall–Kier alpha value is -0.650. The maximum Gasteiger partial charge on any atom is 0.236 e. The molecule has 1 aliphatic heterocycles. The molecule has 1 rings (SSSR count). The quantitative estimate of drug-likeness (QED) is 0.668. The number of nitrogens with two attached hydrogens (primary N) is 1. The van der Waals surface area contributed by atoms with Crippen LogP contribution in [0, 0.1) is 0 Å². The summed E-state index contributed by atoms with van der Waals surface area (Å²) in [5.41, 5.74) is 5.52. The molecule has 0 spiro atoms. The van der Waals surface area contributed by atoms with Crippen LogP contribution in [-0.2, 0) is 9.53 Å². The average molecular weight is 229 g/mol. The molecule has 0 saturated carbocycles. The van der Waals surface area contributed by atoms with Gasteiger partial charge in [0.1, 0.15) is 0 Å². The summed E-state index contributed by atoms with van der Waals surface area (Å²) in [5.74, 6) is 0.195. The van der Waals surface area contributed by atoms with E-state index in [1.165, 1.54) is 0 Å². The van der Waals surface area contributed by atoms with Crippen molar-refractivity contribution in [3.8, 4) is 0 Å². The number of hydrogen-bond acceptors (Lipinski definition) is 4. The number of likely N-dealkylation sites (N-methyl/N-ethyl adjacent to an activating group) is 1. The standard InChI is InChI=1S/C11H23N3O2/c1-13-6-7-14(8-11(13)15)10(9-16-2)4-3-5-12/h10H,3-9,12H2,1-2H3. The highest BCUT2D eigenvalue weighted by Crippen LogP contribution is 2.11. The number of carbonyl (C=O) groups is 1. The molecule has 1 heterocycles. The number of rotatable bonds is 6. The molecule has 1 amide bonds. The molecule has 1 aliphatic rings. The van der Waals surface area contributed by atoms with Crippen LogP contribution in [0.4, 0.5) is 0 Å². The summed E-state index contributed by atoms with van der Waals surface area (Å²) in [6, 6.07) is 0.325. The van der Waals surface area contributed by atoms with E-state index < -0.39 is 0 Å². The van der Waals surface area contributed by atoms with Gasteiger partial charge in [-0.3, -0.25) is 9.69 Å². The van der Waals surface area contributed by atoms with E-state index in [1.807, 2.05) is 7.05 Å². The first-order chi connectivity index (χ1) is 7.69. The minimum atomic E-state index is 0.195. The molecule has 2 N–H and O–H groups in total. The first-order valence-electron chi connectivity index (χ1n) is 5.86. The lowest BCUT2D eigenvalue weighted by molar-refractivity contribution is -0.136. The van der Waals surface area contributed by atoms with Crippen molar-refractivity contribution >= 4 is 5.91 Å². The van der Waals surface area contributed by atoms with E-state index in [2.05, 4.69) is 4.90 Å². The van der Waals surface area contributed by atoms with E-state index >= 15 is 0 Å². The van der Waals surface area contributed by atoms with Crippen molar-refractivity contribution in [1.29, 1.82) is 0 Å². The molecule has 0 radical (unpaired) electrons. The molecular weight excluding hydrogens is 206 g/mol. The SMILES string of the molecule is COCC(CCCN)N1CCN(C)C(=O)C1. The Labute approximate surface area is 97.5 Å². The summed E-state index contributed by atoms with van der Waals surface area (Å²) in [6.07, 6.45) is 1.98. The maximum absolute atomic E-state index is 11.6. The second kappa shape index (κ2) is 6.83. The van der Waals surface area contributed by atoms with E-state index in [4.69, 9.17) is 10.5 Å². The fourth-order valence-electron chi connectivity index (χ4n) is 2.01. The Morgan fingerprint density at radius 3 is 2.81 bits per heavy atom. The van der Waals surface area contributed by atoms with Crippen molar-refractivity contribution in [1.82, 2.24) is 9.80 Å². The highest BCUT2D eigenvalue weighted by atomic mass is 16.5. The molecule has 5 nitrogen and oxygen atoms in total. The normalized spacial score (nSPS) is 20.2. The van der Waals surface area contributed by atoms with Crippen molar-refractivity contribution in [3.05, 3.63) is 0 Å². The van der Waals surface area contributed by atoms with Crippen LogP contribution in [0.25, 0.3) is 0 Å². The average Bonchev–Trinajstić information content (AvgIpc) is 2.28.